The predicted octanol–water partition coefficient (Wildman–Crippen LogP) is 10.7. The molecule has 8 unspecified atom stereocenters. The Morgan fingerprint density at radius 1 is 0.515 bits per heavy atom. The smallest absolute Gasteiger partial charge is 0.393 e. The molecule has 1 aliphatic carbocycles. The van der Waals surface area contributed by atoms with Gasteiger partial charge in [-0.05, 0) is 70.6 Å². The number of hydrogen-bond acceptors (Lipinski definition) is 11. The summed E-state index contributed by atoms with van der Waals surface area (Å²) in [6.45, 7) is 3.75. The van der Waals surface area contributed by atoms with E-state index < -0.39 is 75.2 Å². The number of unbranched alkanes of at least 4 members (excludes halogenated alkanes) is 26. The zero-order valence-electron chi connectivity index (χ0n) is 42.5. The van der Waals surface area contributed by atoms with Gasteiger partial charge in [-0.3, -0.25) is 13.8 Å². The Hall–Kier alpha value is -1.74. The second kappa shape index (κ2) is 42.9. The van der Waals surface area contributed by atoms with Crippen LogP contribution >= 0.6 is 7.82 Å². The molecule has 0 aromatic rings. The topological polar surface area (TPSA) is 226 Å². The number of amides is 1. The molecule has 0 saturated heterocycles. The highest BCUT2D eigenvalue weighted by atomic mass is 31.2. The zero-order valence-corrected chi connectivity index (χ0v) is 43.4. The molecule has 1 amide bonds. The highest BCUT2D eigenvalue weighted by Crippen LogP contribution is 2.47. The first-order valence-corrected chi connectivity index (χ1v) is 28.7. The lowest BCUT2D eigenvalue weighted by atomic mass is 9.85. The maximum atomic E-state index is 13.1. The van der Waals surface area contributed by atoms with Crippen LogP contribution in [0.1, 0.15) is 226 Å². The Labute approximate surface area is 412 Å². The average Bonchev–Trinajstić information content (AvgIpc) is 3.31. The van der Waals surface area contributed by atoms with Crippen molar-refractivity contribution in [2.45, 2.75) is 281 Å². The second-order valence-electron chi connectivity index (χ2n) is 19.2. The summed E-state index contributed by atoms with van der Waals surface area (Å²) in [5.41, 5.74) is 0. The summed E-state index contributed by atoms with van der Waals surface area (Å²) in [6.07, 6.45) is 39.1. The molecule has 0 aliphatic heterocycles. The molecule has 14 heteroatoms. The fourth-order valence-electron chi connectivity index (χ4n) is 8.44. The highest BCUT2D eigenvalue weighted by molar-refractivity contribution is 7.47. The first-order valence-electron chi connectivity index (χ1n) is 27.2. The molecule has 1 aliphatic rings. The van der Waals surface area contributed by atoms with Gasteiger partial charge in [-0.2, -0.15) is 0 Å². The van der Waals surface area contributed by atoms with Crippen molar-refractivity contribution in [3.8, 4) is 0 Å². The van der Waals surface area contributed by atoms with Crippen LogP contribution in [0.25, 0.3) is 0 Å². The van der Waals surface area contributed by atoms with Crippen molar-refractivity contribution in [1.29, 1.82) is 0 Å². The maximum Gasteiger partial charge on any atom is 0.472 e. The van der Waals surface area contributed by atoms with E-state index >= 15 is 0 Å². The highest BCUT2D eigenvalue weighted by Gasteiger charge is 2.51. The molecule has 398 valence electrons. The van der Waals surface area contributed by atoms with Gasteiger partial charge in [0.1, 0.15) is 36.6 Å². The monoisotopic (exact) mass is 986 g/mol. The molecule has 0 radical (unpaired) electrons. The minimum Gasteiger partial charge on any atom is -0.393 e. The molecule has 0 spiro atoms. The van der Waals surface area contributed by atoms with E-state index in [9.17, 15) is 50.0 Å². The molecule has 0 heterocycles. The van der Waals surface area contributed by atoms with Gasteiger partial charge in [-0.1, -0.05) is 197 Å². The average molecular weight is 986 g/mol. The molecular weight excluding hydrogens is 886 g/mol. The van der Waals surface area contributed by atoms with Gasteiger partial charge in [0.15, 0.2) is 0 Å². The summed E-state index contributed by atoms with van der Waals surface area (Å²) in [6, 6.07) is -1.27. The fraction of sp³-hybridized carbons (Fsp3) is 0.833. The fourth-order valence-corrected chi connectivity index (χ4v) is 9.41. The lowest BCUT2D eigenvalue weighted by Crippen LogP contribution is -2.64. The Balaban J connectivity index is 2.49. The first kappa shape index (κ1) is 64.3. The summed E-state index contributed by atoms with van der Waals surface area (Å²) in [4.78, 5) is 23.5. The van der Waals surface area contributed by atoms with Crippen LogP contribution in [-0.2, 0) is 18.4 Å². The molecular formula is C54H100NO12P. The van der Waals surface area contributed by atoms with Crippen LogP contribution in [0.3, 0.4) is 0 Å². The Kier molecular flexibility index (Phi) is 40.5. The maximum absolute atomic E-state index is 13.1. The summed E-state index contributed by atoms with van der Waals surface area (Å²) >= 11 is 0. The van der Waals surface area contributed by atoms with E-state index in [-0.39, 0.29) is 6.42 Å². The number of allylic oxidation sites excluding steroid dienone is 7. The molecule has 13 nitrogen and oxygen atoms in total. The number of phosphoric acid groups is 1. The summed E-state index contributed by atoms with van der Waals surface area (Å²) in [5.74, 6) is -0.611. The number of nitrogens with one attached hydrogen (secondary N) is 1. The summed E-state index contributed by atoms with van der Waals surface area (Å²) < 4.78 is 22.9. The van der Waals surface area contributed by atoms with Crippen molar-refractivity contribution in [1.82, 2.24) is 5.32 Å². The molecule has 1 fully saturated rings. The molecule has 8 atom stereocenters. The van der Waals surface area contributed by atoms with Crippen molar-refractivity contribution in [2.75, 3.05) is 6.61 Å². The zero-order chi connectivity index (χ0) is 50.1. The Bertz CT molecular complexity index is 1350. The van der Waals surface area contributed by atoms with Crippen LogP contribution in [0.2, 0.25) is 0 Å². The third-order valence-electron chi connectivity index (χ3n) is 12.9. The summed E-state index contributed by atoms with van der Waals surface area (Å²) in [7, 11) is -5.16. The predicted molar refractivity (Wildman–Crippen MR) is 275 cm³/mol. The third-order valence-corrected chi connectivity index (χ3v) is 13.8. The number of aliphatic hydroxyl groups excluding tert-OH is 7. The van der Waals surface area contributed by atoms with Crippen LogP contribution in [0.5, 0.6) is 0 Å². The SMILES string of the molecule is CCCCCCCCCC/C=C/CC/C=C/CC/C=C/C(O)C(COP(=O)(O)OC1C(O)C(O)C(O)C(O)C1O)NC(=O)CC(O)CCCCCCC/C=C\CCCCCCCCCCCCC. The minimum atomic E-state index is -5.16. The van der Waals surface area contributed by atoms with Crippen molar-refractivity contribution in [2.24, 2.45) is 0 Å². The lowest BCUT2D eigenvalue weighted by Gasteiger charge is -2.41. The normalized spacial score (nSPS) is 22.4. The van der Waals surface area contributed by atoms with Crippen LogP contribution in [0.4, 0.5) is 0 Å². The van der Waals surface area contributed by atoms with Gasteiger partial charge in [-0.25, -0.2) is 4.57 Å². The number of phosphoric ester groups is 1. The van der Waals surface area contributed by atoms with Crippen LogP contribution in [-0.4, -0.2) is 108 Å². The Morgan fingerprint density at radius 3 is 1.29 bits per heavy atom. The second-order valence-corrected chi connectivity index (χ2v) is 20.6. The number of carbonyl (C=O) groups excluding carboxylic acids is 1. The number of hydrogen-bond donors (Lipinski definition) is 9. The standard InChI is InChI=1S/C54H100NO12P/c1-3-5-7-9-11-13-15-17-19-21-23-24-25-27-29-31-33-35-37-39-41-45(56)43-48(58)55-46(44-66-68(64,65)67-54-52(62)50(60)49(59)51(61)53(54)63)47(57)42-40-38-36-34-32-30-28-26-22-20-18-16-14-12-10-8-6-4-2/h22,25-27,32,34,40,42,45-47,49-54,56-57,59-63H,3-21,23-24,28-31,33,35-39,41,43-44H2,1-2H3,(H,55,58)(H,64,65)/b26-22+,27-25-,34-32+,42-40+. The molecule has 68 heavy (non-hydrogen) atoms. The van der Waals surface area contributed by atoms with Crippen LogP contribution < -0.4 is 5.32 Å². The van der Waals surface area contributed by atoms with E-state index in [4.69, 9.17) is 9.05 Å². The van der Waals surface area contributed by atoms with E-state index in [0.29, 0.717) is 19.3 Å². The van der Waals surface area contributed by atoms with E-state index in [1.54, 1.807) is 6.08 Å². The minimum absolute atomic E-state index is 0.262. The number of rotatable bonds is 45. The van der Waals surface area contributed by atoms with Crippen molar-refractivity contribution in [3.63, 3.8) is 0 Å². The number of aliphatic hydroxyl groups is 7. The van der Waals surface area contributed by atoms with E-state index in [0.717, 1.165) is 64.2 Å². The molecule has 0 aromatic carbocycles. The van der Waals surface area contributed by atoms with E-state index in [1.807, 2.05) is 0 Å². The Morgan fingerprint density at radius 2 is 0.868 bits per heavy atom. The van der Waals surface area contributed by atoms with Crippen molar-refractivity contribution in [3.05, 3.63) is 48.6 Å². The largest absolute Gasteiger partial charge is 0.472 e. The van der Waals surface area contributed by atoms with Crippen molar-refractivity contribution >= 4 is 13.7 Å². The summed E-state index contributed by atoms with van der Waals surface area (Å²) in [5, 5.41) is 74.7. The van der Waals surface area contributed by atoms with E-state index in [1.165, 1.54) is 128 Å². The van der Waals surface area contributed by atoms with Gasteiger partial charge >= 0.3 is 7.82 Å². The van der Waals surface area contributed by atoms with Gasteiger partial charge in [-0.15, -0.1) is 0 Å². The molecule has 9 N–H and O–H groups in total. The molecule has 0 bridgehead atoms. The quantitative estimate of drug-likeness (QED) is 0.0158. The van der Waals surface area contributed by atoms with Gasteiger partial charge in [0.25, 0.3) is 0 Å². The third kappa shape index (κ3) is 33.8. The van der Waals surface area contributed by atoms with Crippen LogP contribution in [0.15, 0.2) is 48.6 Å². The van der Waals surface area contributed by atoms with Gasteiger partial charge < -0.3 is 46.0 Å². The lowest BCUT2D eigenvalue weighted by molar-refractivity contribution is -0.220. The first-order chi connectivity index (χ1) is 32.8. The van der Waals surface area contributed by atoms with Crippen molar-refractivity contribution < 1.29 is 59.0 Å². The van der Waals surface area contributed by atoms with Gasteiger partial charge in [0, 0.05) is 0 Å². The van der Waals surface area contributed by atoms with E-state index in [2.05, 4.69) is 55.6 Å². The van der Waals surface area contributed by atoms with Gasteiger partial charge in [0.05, 0.1) is 31.3 Å². The molecule has 1 rings (SSSR count). The van der Waals surface area contributed by atoms with Crippen LogP contribution in [0, 0.1) is 0 Å². The molecule has 1 saturated carbocycles. The van der Waals surface area contributed by atoms with Gasteiger partial charge in [0.2, 0.25) is 5.91 Å². The number of carbonyl (C=O) groups is 1. The molecule has 0 aromatic heterocycles.